The van der Waals surface area contributed by atoms with Gasteiger partial charge in [0.05, 0.1) is 0 Å². The van der Waals surface area contributed by atoms with Gasteiger partial charge in [0.15, 0.2) is 0 Å². The molecule has 1 heterocycles. The Morgan fingerprint density at radius 2 is 2.17 bits per heavy atom. The predicted octanol–water partition coefficient (Wildman–Crippen LogP) is 2.90. The minimum atomic E-state index is 0.452. The molecule has 1 unspecified atom stereocenters. The lowest BCUT2D eigenvalue weighted by Crippen LogP contribution is -2.64. The maximum Gasteiger partial charge on any atom is 0.0309 e. The third-order valence-corrected chi connectivity index (χ3v) is 5.41. The molecule has 2 nitrogen and oxygen atoms in total. The van der Waals surface area contributed by atoms with E-state index in [-0.39, 0.29) is 0 Å². The van der Waals surface area contributed by atoms with Gasteiger partial charge >= 0.3 is 0 Å². The zero-order valence-electron chi connectivity index (χ0n) is 11.8. The Kier molecular flexibility index (Phi) is 5.58. The van der Waals surface area contributed by atoms with Crippen molar-refractivity contribution in [3.8, 4) is 0 Å². The molecule has 104 valence electrons. The number of nitrogens with zero attached hydrogens (tertiary/aromatic N) is 1. The number of thioether (sulfide) groups is 1. The normalized spacial score (nSPS) is 28.4. The van der Waals surface area contributed by atoms with Crippen LogP contribution in [0.4, 0.5) is 0 Å². The van der Waals surface area contributed by atoms with Crippen molar-refractivity contribution in [2.45, 2.75) is 50.6 Å². The summed E-state index contributed by atoms with van der Waals surface area (Å²) in [5.41, 5.74) is 0.452. The highest BCUT2D eigenvalue weighted by Gasteiger charge is 2.38. The van der Waals surface area contributed by atoms with Crippen molar-refractivity contribution in [3.05, 3.63) is 12.7 Å². The van der Waals surface area contributed by atoms with Gasteiger partial charge < -0.3 is 5.32 Å². The molecule has 1 aliphatic heterocycles. The van der Waals surface area contributed by atoms with Gasteiger partial charge in [-0.1, -0.05) is 25.3 Å². The zero-order chi connectivity index (χ0) is 12.8. The van der Waals surface area contributed by atoms with Crippen LogP contribution in [0.5, 0.6) is 0 Å². The van der Waals surface area contributed by atoms with Crippen LogP contribution < -0.4 is 5.32 Å². The fourth-order valence-corrected chi connectivity index (χ4v) is 4.00. The van der Waals surface area contributed by atoms with E-state index in [1.165, 1.54) is 57.5 Å². The van der Waals surface area contributed by atoms with Gasteiger partial charge in [-0.15, -0.1) is 6.58 Å². The van der Waals surface area contributed by atoms with Gasteiger partial charge in [0.25, 0.3) is 0 Å². The zero-order valence-corrected chi connectivity index (χ0v) is 12.6. The molecule has 0 aromatic rings. The molecular formula is C15H28N2S. The van der Waals surface area contributed by atoms with Gasteiger partial charge in [-0.3, -0.25) is 4.90 Å². The number of nitrogens with one attached hydrogen (secondary N) is 1. The Bertz CT molecular complexity index is 261. The summed E-state index contributed by atoms with van der Waals surface area (Å²) in [6, 6.07) is 0.696. The molecule has 1 saturated heterocycles. The van der Waals surface area contributed by atoms with Crippen LogP contribution in [0.3, 0.4) is 0 Å². The molecule has 1 aliphatic carbocycles. The van der Waals surface area contributed by atoms with E-state index in [1.54, 1.807) is 0 Å². The number of hydrogen-bond donors (Lipinski definition) is 1. The minimum absolute atomic E-state index is 0.452. The molecular weight excluding hydrogens is 240 g/mol. The fourth-order valence-electron chi connectivity index (χ4n) is 3.31. The van der Waals surface area contributed by atoms with Crippen LogP contribution in [0.2, 0.25) is 0 Å². The third-order valence-electron chi connectivity index (χ3n) is 4.47. The van der Waals surface area contributed by atoms with Gasteiger partial charge in [0, 0.05) is 42.7 Å². The SMILES string of the molecule is C=CCSCCN1CC2(CCCCC2)NCC1C. The average Bonchev–Trinajstić information content (AvgIpc) is 2.40. The Morgan fingerprint density at radius 1 is 1.39 bits per heavy atom. The third kappa shape index (κ3) is 3.75. The second kappa shape index (κ2) is 6.97. The highest BCUT2D eigenvalue weighted by molar-refractivity contribution is 7.99. The lowest BCUT2D eigenvalue weighted by molar-refractivity contribution is 0.0679. The monoisotopic (exact) mass is 268 g/mol. The van der Waals surface area contributed by atoms with E-state index in [4.69, 9.17) is 0 Å². The van der Waals surface area contributed by atoms with E-state index >= 15 is 0 Å². The number of rotatable bonds is 5. The first-order valence-electron chi connectivity index (χ1n) is 7.43. The molecule has 0 aromatic heterocycles. The molecule has 0 radical (unpaired) electrons. The van der Waals surface area contributed by atoms with E-state index < -0.39 is 0 Å². The average molecular weight is 268 g/mol. The summed E-state index contributed by atoms with van der Waals surface area (Å²) in [5.74, 6) is 2.33. The molecule has 0 aromatic carbocycles. The van der Waals surface area contributed by atoms with Crippen molar-refractivity contribution in [1.29, 1.82) is 0 Å². The molecule has 0 bridgehead atoms. The molecule has 2 rings (SSSR count). The lowest BCUT2D eigenvalue weighted by atomic mass is 9.79. The fraction of sp³-hybridized carbons (Fsp3) is 0.867. The van der Waals surface area contributed by atoms with Gasteiger partial charge in [-0.2, -0.15) is 11.8 Å². The summed E-state index contributed by atoms with van der Waals surface area (Å²) in [6.07, 6.45) is 9.05. The van der Waals surface area contributed by atoms with Crippen LogP contribution in [0.15, 0.2) is 12.7 Å². The van der Waals surface area contributed by atoms with Crippen LogP contribution in [0.25, 0.3) is 0 Å². The van der Waals surface area contributed by atoms with E-state index in [0.717, 1.165) is 5.75 Å². The first-order chi connectivity index (χ1) is 8.76. The van der Waals surface area contributed by atoms with E-state index in [1.807, 2.05) is 17.8 Å². The summed E-state index contributed by atoms with van der Waals surface area (Å²) in [4.78, 5) is 2.71. The predicted molar refractivity (Wildman–Crippen MR) is 82.4 cm³/mol. The summed E-state index contributed by atoms with van der Waals surface area (Å²) >= 11 is 2.00. The van der Waals surface area contributed by atoms with Crippen LogP contribution in [0.1, 0.15) is 39.0 Å². The Hall–Kier alpha value is 0.01000. The Morgan fingerprint density at radius 3 is 2.89 bits per heavy atom. The lowest BCUT2D eigenvalue weighted by Gasteiger charge is -2.49. The van der Waals surface area contributed by atoms with Crippen molar-refractivity contribution in [3.63, 3.8) is 0 Å². The van der Waals surface area contributed by atoms with Gasteiger partial charge in [0.2, 0.25) is 0 Å². The van der Waals surface area contributed by atoms with Crippen LogP contribution >= 0.6 is 11.8 Å². The van der Waals surface area contributed by atoms with Gasteiger partial charge in [-0.25, -0.2) is 0 Å². The molecule has 1 atom stereocenters. The largest absolute Gasteiger partial charge is 0.308 e. The summed E-state index contributed by atoms with van der Waals surface area (Å²) in [7, 11) is 0. The standard InChI is InChI=1S/C15H28N2S/c1-3-10-18-11-9-17-13-15(16-12-14(17)2)7-5-4-6-8-15/h3,14,16H,1,4-13H2,2H3. The molecule has 1 saturated carbocycles. The topological polar surface area (TPSA) is 15.3 Å². The first-order valence-corrected chi connectivity index (χ1v) is 8.59. The first kappa shape index (κ1) is 14.4. The second-order valence-electron chi connectivity index (χ2n) is 5.90. The van der Waals surface area contributed by atoms with Gasteiger partial charge in [-0.05, 0) is 19.8 Å². The van der Waals surface area contributed by atoms with E-state index in [0.29, 0.717) is 11.6 Å². The summed E-state index contributed by atoms with van der Waals surface area (Å²) in [5, 5.41) is 3.85. The van der Waals surface area contributed by atoms with Crippen molar-refractivity contribution >= 4 is 11.8 Å². The van der Waals surface area contributed by atoms with Crippen LogP contribution in [-0.4, -0.2) is 47.6 Å². The molecule has 2 fully saturated rings. The van der Waals surface area contributed by atoms with Crippen LogP contribution in [-0.2, 0) is 0 Å². The van der Waals surface area contributed by atoms with Crippen LogP contribution in [0, 0.1) is 0 Å². The Balaban J connectivity index is 1.82. The highest BCUT2D eigenvalue weighted by atomic mass is 32.2. The summed E-state index contributed by atoms with van der Waals surface area (Å²) in [6.45, 7) is 9.82. The van der Waals surface area contributed by atoms with Gasteiger partial charge in [0.1, 0.15) is 0 Å². The molecule has 1 N–H and O–H groups in total. The van der Waals surface area contributed by atoms with Crippen molar-refractivity contribution < 1.29 is 0 Å². The molecule has 1 spiro atoms. The summed E-state index contributed by atoms with van der Waals surface area (Å²) < 4.78 is 0. The van der Waals surface area contributed by atoms with E-state index in [2.05, 4.69) is 23.7 Å². The number of piperazine rings is 1. The van der Waals surface area contributed by atoms with Crippen molar-refractivity contribution in [2.75, 3.05) is 31.1 Å². The number of hydrogen-bond acceptors (Lipinski definition) is 3. The molecule has 3 heteroatoms. The highest BCUT2D eigenvalue weighted by Crippen LogP contribution is 2.31. The quantitative estimate of drug-likeness (QED) is 0.610. The smallest absolute Gasteiger partial charge is 0.0309 e. The van der Waals surface area contributed by atoms with Crippen molar-refractivity contribution in [1.82, 2.24) is 10.2 Å². The maximum atomic E-state index is 3.85. The maximum absolute atomic E-state index is 3.85. The van der Waals surface area contributed by atoms with E-state index in [9.17, 15) is 0 Å². The molecule has 18 heavy (non-hydrogen) atoms. The minimum Gasteiger partial charge on any atom is -0.308 e. The molecule has 2 aliphatic rings. The Labute approximate surface area is 117 Å². The second-order valence-corrected chi connectivity index (χ2v) is 7.05. The van der Waals surface area contributed by atoms with Crippen molar-refractivity contribution in [2.24, 2.45) is 0 Å². The molecule has 0 amide bonds.